The minimum absolute atomic E-state index is 0.168. The highest BCUT2D eigenvalue weighted by Crippen LogP contribution is 2.32. The number of carboxylic acid groups (broad SMARTS) is 1. The first kappa shape index (κ1) is 16.1. The Labute approximate surface area is 153 Å². The van der Waals surface area contributed by atoms with Crippen LogP contribution in [-0.2, 0) is 0 Å². The number of anilines is 3. The van der Waals surface area contributed by atoms with Gasteiger partial charge in [0.05, 0.1) is 11.1 Å². The van der Waals surface area contributed by atoms with Crippen LogP contribution in [0.1, 0.15) is 10.4 Å². The third kappa shape index (κ3) is 2.87. The molecule has 0 bridgehead atoms. The lowest BCUT2D eigenvalue weighted by atomic mass is 10.1. The molecule has 0 aliphatic rings. The van der Waals surface area contributed by atoms with E-state index in [9.17, 15) is 9.90 Å². The van der Waals surface area contributed by atoms with Crippen LogP contribution in [0.4, 0.5) is 17.3 Å². The highest BCUT2D eigenvalue weighted by atomic mass is 35.5. The number of aromatic nitrogens is 2. The smallest absolute Gasteiger partial charge is 0.335 e. The standard InChI is InChI=1S/C19H13ClN4O2/c20-11-2-1-3-12(7-11)23-18-14-8-17(21)22-9-15(14)13-5-4-10(19(25)26)6-16(13)24-18/h1-9H,(H2,21,22)(H,23,24)(H,25,26). The Bertz CT molecular complexity index is 1180. The molecule has 4 rings (SSSR count). The number of nitrogens with two attached hydrogens (primary N) is 1. The van der Waals surface area contributed by atoms with Crippen LogP contribution < -0.4 is 11.1 Å². The molecule has 0 spiro atoms. The Balaban J connectivity index is 1.98. The molecule has 2 heterocycles. The molecule has 7 heteroatoms. The van der Waals surface area contributed by atoms with Gasteiger partial charge in [0, 0.05) is 33.1 Å². The molecule has 0 fully saturated rings. The van der Waals surface area contributed by atoms with Gasteiger partial charge in [0.1, 0.15) is 11.6 Å². The molecule has 2 aromatic carbocycles. The maximum Gasteiger partial charge on any atom is 0.335 e. The van der Waals surface area contributed by atoms with Crippen molar-refractivity contribution in [1.82, 2.24) is 9.97 Å². The first-order chi connectivity index (χ1) is 12.5. The zero-order valence-electron chi connectivity index (χ0n) is 13.4. The Morgan fingerprint density at radius 1 is 1.08 bits per heavy atom. The number of carbonyl (C=O) groups is 1. The van der Waals surface area contributed by atoms with Crippen molar-refractivity contribution in [2.24, 2.45) is 0 Å². The fourth-order valence-corrected chi connectivity index (χ4v) is 3.04. The van der Waals surface area contributed by atoms with Gasteiger partial charge < -0.3 is 16.2 Å². The van der Waals surface area contributed by atoms with Crippen LogP contribution in [0.2, 0.25) is 5.02 Å². The largest absolute Gasteiger partial charge is 0.478 e. The summed E-state index contributed by atoms with van der Waals surface area (Å²) in [5, 5.41) is 15.5. The van der Waals surface area contributed by atoms with Crippen molar-refractivity contribution in [1.29, 1.82) is 0 Å². The van der Waals surface area contributed by atoms with Gasteiger partial charge in [-0.15, -0.1) is 0 Å². The molecule has 4 N–H and O–H groups in total. The maximum atomic E-state index is 11.3. The topological polar surface area (TPSA) is 101 Å². The third-order valence-corrected chi connectivity index (χ3v) is 4.27. The summed E-state index contributed by atoms with van der Waals surface area (Å²) in [4.78, 5) is 20.1. The van der Waals surface area contributed by atoms with Crippen molar-refractivity contribution in [2.45, 2.75) is 0 Å². The van der Waals surface area contributed by atoms with Crippen molar-refractivity contribution >= 4 is 56.6 Å². The van der Waals surface area contributed by atoms with E-state index in [0.717, 1.165) is 21.8 Å². The number of hydrogen-bond donors (Lipinski definition) is 3. The quantitative estimate of drug-likeness (QED) is 0.464. The van der Waals surface area contributed by atoms with E-state index < -0.39 is 5.97 Å². The monoisotopic (exact) mass is 364 g/mol. The van der Waals surface area contributed by atoms with E-state index in [2.05, 4.69) is 15.3 Å². The summed E-state index contributed by atoms with van der Waals surface area (Å²) in [6, 6.07) is 13.8. The van der Waals surface area contributed by atoms with Gasteiger partial charge in [-0.05, 0) is 36.4 Å². The van der Waals surface area contributed by atoms with Gasteiger partial charge in [-0.3, -0.25) is 0 Å². The lowest BCUT2D eigenvalue weighted by Crippen LogP contribution is -2.00. The number of carboxylic acids is 1. The van der Waals surface area contributed by atoms with Crippen molar-refractivity contribution in [3.8, 4) is 0 Å². The van der Waals surface area contributed by atoms with Crippen LogP contribution in [0, 0.1) is 0 Å². The first-order valence-electron chi connectivity index (χ1n) is 7.76. The molecule has 0 atom stereocenters. The van der Waals surface area contributed by atoms with E-state index in [4.69, 9.17) is 17.3 Å². The second-order valence-corrected chi connectivity index (χ2v) is 6.22. The van der Waals surface area contributed by atoms with E-state index in [1.54, 1.807) is 36.5 Å². The molecule has 6 nitrogen and oxygen atoms in total. The zero-order valence-corrected chi connectivity index (χ0v) is 14.2. The molecule has 0 aliphatic heterocycles. The zero-order chi connectivity index (χ0) is 18.3. The summed E-state index contributed by atoms with van der Waals surface area (Å²) < 4.78 is 0. The van der Waals surface area contributed by atoms with Crippen LogP contribution >= 0.6 is 11.6 Å². The second kappa shape index (κ2) is 6.16. The predicted octanol–water partition coefficient (Wildman–Crippen LogP) is 4.46. The number of nitrogens with zero attached hydrogens (tertiary/aromatic N) is 2. The number of fused-ring (bicyclic) bond motifs is 3. The number of benzene rings is 2. The van der Waals surface area contributed by atoms with Gasteiger partial charge in [-0.2, -0.15) is 0 Å². The molecule has 2 aromatic heterocycles. The lowest BCUT2D eigenvalue weighted by molar-refractivity contribution is 0.0697. The van der Waals surface area contributed by atoms with Gasteiger partial charge in [0.2, 0.25) is 0 Å². The molecule has 0 radical (unpaired) electrons. The molecular formula is C19H13ClN4O2. The number of pyridine rings is 2. The fourth-order valence-electron chi connectivity index (χ4n) is 2.85. The summed E-state index contributed by atoms with van der Waals surface area (Å²) in [5.41, 5.74) is 7.33. The Morgan fingerprint density at radius 3 is 2.69 bits per heavy atom. The van der Waals surface area contributed by atoms with Crippen LogP contribution in [0.3, 0.4) is 0 Å². The van der Waals surface area contributed by atoms with E-state index >= 15 is 0 Å². The second-order valence-electron chi connectivity index (χ2n) is 5.79. The van der Waals surface area contributed by atoms with Gasteiger partial charge in [-0.1, -0.05) is 23.7 Å². The summed E-state index contributed by atoms with van der Waals surface area (Å²) in [5.74, 6) is -0.0880. The normalized spacial score (nSPS) is 11.0. The molecule has 0 unspecified atom stereocenters. The SMILES string of the molecule is Nc1cc2c(Nc3cccc(Cl)c3)nc3cc(C(=O)O)ccc3c2cn1. The fraction of sp³-hybridized carbons (Fsp3) is 0. The van der Waals surface area contributed by atoms with Crippen molar-refractivity contribution in [3.05, 3.63) is 65.3 Å². The van der Waals surface area contributed by atoms with Crippen molar-refractivity contribution in [3.63, 3.8) is 0 Å². The van der Waals surface area contributed by atoms with Gasteiger partial charge in [-0.25, -0.2) is 14.8 Å². The average molecular weight is 365 g/mol. The summed E-state index contributed by atoms with van der Waals surface area (Å²) in [6.45, 7) is 0. The van der Waals surface area contributed by atoms with E-state index in [-0.39, 0.29) is 5.56 Å². The number of nitrogens with one attached hydrogen (secondary N) is 1. The minimum atomic E-state index is -1.01. The Kier molecular flexibility index (Phi) is 3.82. The molecule has 26 heavy (non-hydrogen) atoms. The Morgan fingerprint density at radius 2 is 1.92 bits per heavy atom. The van der Waals surface area contributed by atoms with Crippen molar-refractivity contribution in [2.75, 3.05) is 11.1 Å². The molecule has 128 valence electrons. The lowest BCUT2D eigenvalue weighted by Gasteiger charge is -2.12. The highest BCUT2D eigenvalue weighted by Gasteiger charge is 2.12. The van der Waals surface area contributed by atoms with Gasteiger partial charge in [0.25, 0.3) is 0 Å². The summed E-state index contributed by atoms with van der Waals surface area (Å²) >= 11 is 6.05. The predicted molar refractivity (Wildman–Crippen MR) is 103 cm³/mol. The van der Waals surface area contributed by atoms with Crippen LogP contribution in [0.15, 0.2) is 54.7 Å². The Hall–Kier alpha value is -3.38. The van der Waals surface area contributed by atoms with Crippen LogP contribution in [-0.4, -0.2) is 21.0 Å². The maximum absolute atomic E-state index is 11.3. The van der Waals surface area contributed by atoms with E-state index in [0.29, 0.717) is 22.2 Å². The highest BCUT2D eigenvalue weighted by molar-refractivity contribution is 6.30. The molecule has 0 saturated heterocycles. The van der Waals surface area contributed by atoms with E-state index in [1.807, 2.05) is 12.1 Å². The average Bonchev–Trinajstić information content (AvgIpc) is 2.61. The molecular weight excluding hydrogens is 352 g/mol. The van der Waals surface area contributed by atoms with E-state index in [1.165, 1.54) is 6.07 Å². The van der Waals surface area contributed by atoms with Crippen LogP contribution in [0.25, 0.3) is 21.7 Å². The molecule has 4 aromatic rings. The molecule has 0 amide bonds. The van der Waals surface area contributed by atoms with Gasteiger partial charge >= 0.3 is 5.97 Å². The van der Waals surface area contributed by atoms with Gasteiger partial charge in [0.15, 0.2) is 0 Å². The number of aromatic carboxylic acids is 1. The molecule has 0 saturated carbocycles. The number of nitrogen functional groups attached to an aromatic ring is 1. The number of halogens is 1. The van der Waals surface area contributed by atoms with Crippen LogP contribution in [0.5, 0.6) is 0 Å². The minimum Gasteiger partial charge on any atom is -0.478 e. The third-order valence-electron chi connectivity index (χ3n) is 4.03. The van der Waals surface area contributed by atoms with Crippen molar-refractivity contribution < 1.29 is 9.90 Å². The number of hydrogen-bond acceptors (Lipinski definition) is 5. The first-order valence-corrected chi connectivity index (χ1v) is 8.14. The number of rotatable bonds is 3. The summed E-state index contributed by atoms with van der Waals surface area (Å²) in [7, 11) is 0. The summed E-state index contributed by atoms with van der Waals surface area (Å²) in [6.07, 6.45) is 1.66. The molecule has 0 aliphatic carbocycles.